The van der Waals surface area contributed by atoms with Gasteiger partial charge in [0.05, 0.1) is 6.42 Å². The van der Waals surface area contributed by atoms with E-state index in [1.165, 1.54) is 6.07 Å². The number of halogens is 2. The van der Waals surface area contributed by atoms with Crippen molar-refractivity contribution in [2.24, 2.45) is 5.92 Å². The fraction of sp³-hybridized carbons (Fsp3) is 0.429. The number of amides is 1. The molecule has 0 fully saturated rings. The molecule has 2 atom stereocenters. The first kappa shape index (κ1) is 16.1. The summed E-state index contributed by atoms with van der Waals surface area (Å²) in [4.78, 5) is 22.8. The maximum Gasteiger partial charge on any atom is 0.326 e. The number of carboxylic acid groups (broad SMARTS) is 1. The van der Waals surface area contributed by atoms with E-state index in [0.717, 1.165) is 12.1 Å². The lowest BCUT2D eigenvalue weighted by atomic mass is 9.99. The van der Waals surface area contributed by atoms with Gasteiger partial charge in [-0.05, 0) is 23.6 Å². The lowest BCUT2D eigenvalue weighted by molar-refractivity contribution is -0.143. The number of carbonyl (C=O) groups is 2. The monoisotopic (exact) mass is 285 g/mol. The summed E-state index contributed by atoms with van der Waals surface area (Å²) in [6.45, 7) is 3.54. The van der Waals surface area contributed by atoms with Crippen molar-refractivity contribution in [3.05, 3.63) is 35.4 Å². The quantitative estimate of drug-likeness (QED) is 0.841. The molecule has 0 aliphatic rings. The molecule has 2 N–H and O–H groups in total. The number of hydrogen-bond donors (Lipinski definition) is 2. The molecule has 0 bridgehead atoms. The summed E-state index contributed by atoms with van der Waals surface area (Å²) in [5.41, 5.74) is 0.287. The molecule has 0 aliphatic carbocycles. The Bertz CT molecular complexity index is 505. The van der Waals surface area contributed by atoms with E-state index in [-0.39, 0.29) is 17.9 Å². The van der Waals surface area contributed by atoms with Crippen LogP contribution in [0.1, 0.15) is 25.8 Å². The van der Waals surface area contributed by atoms with Crippen LogP contribution in [0.5, 0.6) is 0 Å². The third kappa shape index (κ3) is 4.29. The molecule has 0 unspecified atom stereocenters. The van der Waals surface area contributed by atoms with Crippen LogP contribution in [-0.4, -0.2) is 23.0 Å². The average molecular weight is 285 g/mol. The summed E-state index contributed by atoms with van der Waals surface area (Å²) >= 11 is 0. The van der Waals surface area contributed by atoms with Gasteiger partial charge in [0, 0.05) is 0 Å². The minimum Gasteiger partial charge on any atom is -0.480 e. The fourth-order valence-corrected chi connectivity index (χ4v) is 1.74. The highest BCUT2D eigenvalue weighted by molar-refractivity contribution is 5.85. The van der Waals surface area contributed by atoms with Crippen LogP contribution in [0.4, 0.5) is 8.78 Å². The number of rotatable bonds is 6. The second-order valence-electron chi connectivity index (χ2n) is 4.69. The number of benzene rings is 1. The van der Waals surface area contributed by atoms with E-state index >= 15 is 0 Å². The van der Waals surface area contributed by atoms with Crippen molar-refractivity contribution in [1.82, 2.24) is 5.32 Å². The molecule has 1 aromatic rings. The van der Waals surface area contributed by atoms with Gasteiger partial charge >= 0.3 is 5.97 Å². The second-order valence-corrected chi connectivity index (χ2v) is 4.69. The normalized spacial score (nSPS) is 13.6. The first-order valence-corrected chi connectivity index (χ1v) is 6.31. The predicted octanol–water partition coefficient (Wildman–Crippen LogP) is 2.12. The standard InChI is InChI=1S/C14H17F2NO3/c1-3-8(2)13(14(19)20)17-12(18)7-9-4-5-10(15)11(16)6-9/h4-6,8,13H,3,7H2,1-2H3,(H,17,18)(H,19,20)/t8-,13-/m0/s1. The van der Waals surface area contributed by atoms with Gasteiger partial charge in [-0.2, -0.15) is 0 Å². The van der Waals surface area contributed by atoms with Crippen LogP contribution in [0.2, 0.25) is 0 Å². The molecule has 0 aromatic heterocycles. The summed E-state index contributed by atoms with van der Waals surface area (Å²) in [5.74, 6) is -3.90. The smallest absolute Gasteiger partial charge is 0.326 e. The van der Waals surface area contributed by atoms with Crippen molar-refractivity contribution < 1.29 is 23.5 Å². The zero-order valence-electron chi connectivity index (χ0n) is 11.3. The Morgan fingerprint density at radius 3 is 2.45 bits per heavy atom. The molecule has 0 radical (unpaired) electrons. The maximum atomic E-state index is 13.0. The van der Waals surface area contributed by atoms with Crippen molar-refractivity contribution >= 4 is 11.9 Å². The second kappa shape index (κ2) is 6.98. The van der Waals surface area contributed by atoms with Crippen LogP contribution in [-0.2, 0) is 16.0 Å². The van der Waals surface area contributed by atoms with Gasteiger partial charge in [0.25, 0.3) is 0 Å². The third-order valence-corrected chi connectivity index (χ3v) is 3.14. The molecule has 0 saturated heterocycles. The number of hydrogen-bond acceptors (Lipinski definition) is 2. The lowest BCUT2D eigenvalue weighted by Crippen LogP contribution is -2.45. The molecule has 1 rings (SSSR count). The highest BCUT2D eigenvalue weighted by atomic mass is 19.2. The van der Waals surface area contributed by atoms with Crippen molar-refractivity contribution in [1.29, 1.82) is 0 Å². The van der Waals surface area contributed by atoms with E-state index in [2.05, 4.69) is 5.32 Å². The van der Waals surface area contributed by atoms with E-state index in [0.29, 0.717) is 6.42 Å². The molecule has 110 valence electrons. The van der Waals surface area contributed by atoms with E-state index < -0.39 is 29.6 Å². The summed E-state index contributed by atoms with van der Waals surface area (Å²) in [6.07, 6.45) is 0.403. The molecule has 6 heteroatoms. The fourth-order valence-electron chi connectivity index (χ4n) is 1.74. The maximum absolute atomic E-state index is 13.0. The molecule has 20 heavy (non-hydrogen) atoms. The van der Waals surface area contributed by atoms with E-state index in [4.69, 9.17) is 5.11 Å². The Balaban J connectivity index is 2.70. The Kier molecular flexibility index (Phi) is 5.61. The van der Waals surface area contributed by atoms with Gasteiger partial charge in [-0.25, -0.2) is 13.6 Å². The van der Waals surface area contributed by atoms with Crippen LogP contribution in [0.3, 0.4) is 0 Å². The van der Waals surface area contributed by atoms with Crippen molar-refractivity contribution in [2.75, 3.05) is 0 Å². The first-order valence-electron chi connectivity index (χ1n) is 6.31. The van der Waals surface area contributed by atoms with Gasteiger partial charge in [-0.3, -0.25) is 4.79 Å². The van der Waals surface area contributed by atoms with Crippen LogP contribution in [0.25, 0.3) is 0 Å². The predicted molar refractivity (Wildman–Crippen MR) is 69.1 cm³/mol. The molecule has 0 heterocycles. The molecular weight excluding hydrogens is 268 g/mol. The van der Waals surface area contributed by atoms with Gasteiger partial charge in [-0.15, -0.1) is 0 Å². The van der Waals surface area contributed by atoms with Crippen molar-refractivity contribution in [2.45, 2.75) is 32.7 Å². The Morgan fingerprint density at radius 1 is 1.30 bits per heavy atom. The Morgan fingerprint density at radius 2 is 1.95 bits per heavy atom. The zero-order chi connectivity index (χ0) is 15.3. The third-order valence-electron chi connectivity index (χ3n) is 3.14. The molecule has 0 spiro atoms. The molecule has 4 nitrogen and oxygen atoms in total. The molecule has 0 saturated carbocycles. The summed E-state index contributed by atoms with van der Waals surface area (Å²) < 4.78 is 25.8. The number of nitrogens with one attached hydrogen (secondary N) is 1. The molecule has 0 aliphatic heterocycles. The van der Waals surface area contributed by atoms with Crippen LogP contribution in [0, 0.1) is 17.6 Å². The Labute approximate surface area is 115 Å². The lowest BCUT2D eigenvalue weighted by Gasteiger charge is -2.20. The van der Waals surface area contributed by atoms with E-state index in [9.17, 15) is 18.4 Å². The topological polar surface area (TPSA) is 66.4 Å². The van der Waals surface area contributed by atoms with E-state index in [1.807, 2.05) is 6.92 Å². The van der Waals surface area contributed by atoms with Gasteiger partial charge in [0.1, 0.15) is 6.04 Å². The summed E-state index contributed by atoms with van der Waals surface area (Å²) in [5, 5.41) is 11.4. The van der Waals surface area contributed by atoms with Crippen LogP contribution >= 0.6 is 0 Å². The molecular formula is C14H17F2NO3. The largest absolute Gasteiger partial charge is 0.480 e. The highest BCUT2D eigenvalue weighted by Gasteiger charge is 2.25. The summed E-state index contributed by atoms with van der Waals surface area (Å²) in [7, 11) is 0. The number of carboxylic acids is 1. The van der Waals surface area contributed by atoms with Crippen molar-refractivity contribution in [3.8, 4) is 0 Å². The first-order chi connectivity index (χ1) is 9.35. The molecule has 1 aromatic carbocycles. The number of aliphatic carboxylic acids is 1. The van der Waals surface area contributed by atoms with Gasteiger partial charge in [0.2, 0.25) is 5.91 Å². The van der Waals surface area contributed by atoms with Crippen LogP contribution in [0.15, 0.2) is 18.2 Å². The minimum atomic E-state index is -1.11. The van der Waals surface area contributed by atoms with Crippen molar-refractivity contribution in [3.63, 3.8) is 0 Å². The summed E-state index contributed by atoms with van der Waals surface area (Å²) in [6, 6.07) is 2.16. The molecule has 1 amide bonds. The highest BCUT2D eigenvalue weighted by Crippen LogP contribution is 2.11. The Hall–Kier alpha value is -1.98. The van der Waals surface area contributed by atoms with Crippen LogP contribution < -0.4 is 5.32 Å². The SMILES string of the molecule is CC[C@H](C)[C@H](NC(=O)Cc1ccc(F)c(F)c1)C(=O)O. The van der Waals surface area contributed by atoms with Gasteiger partial charge in [0.15, 0.2) is 11.6 Å². The zero-order valence-corrected chi connectivity index (χ0v) is 11.3. The average Bonchev–Trinajstić information content (AvgIpc) is 2.39. The van der Waals surface area contributed by atoms with E-state index in [1.54, 1.807) is 6.92 Å². The van der Waals surface area contributed by atoms with Gasteiger partial charge < -0.3 is 10.4 Å². The minimum absolute atomic E-state index is 0.197. The number of carbonyl (C=O) groups excluding carboxylic acids is 1. The van der Waals surface area contributed by atoms with Gasteiger partial charge in [-0.1, -0.05) is 26.3 Å².